The summed E-state index contributed by atoms with van der Waals surface area (Å²) < 4.78 is 4.29. The Bertz CT molecular complexity index is 431. The molecule has 0 N–H and O–H groups in total. The molecule has 0 spiro atoms. The van der Waals surface area contributed by atoms with Crippen LogP contribution in [0.2, 0.25) is 0 Å². The number of nitrogens with zero attached hydrogens (tertiary/aromatic N) is 1. The summed E-state index contributed by atoms with van der Waals surface area (Å²) in [6, 6.07) is 4.17. The van der Waals surface area contributed by atoms with Crippen molar-refractivity contribution in [1.29, 1.82) is 0 Å². The maximum absolute atomic E-state index is 3.52. The summed E-state index contributed by atoms with van der Waals surface area (Å²) in [5.74, 6) is 0. The Kier molecular flexibility index (Phi) is 2.00. The minimum absolute atomic E-state index is 1.10. The molecule has 62 valence electrons. The Hall–Kier alpha value is -0.280. The molecule has 0 amide bonds. The lowest BCUT2D eigenvalue weighted by molar-refractivity contribution is 0.933. The average Bonchev–Trinajstić information content (AvgIpc) is 2.29. The van der Waals surface area contributed by atoms with Crippen LogP contribution in [0.15, 0.2) is 33.5 Å². The van der Waals surface area contributed by atoms with Crippen molar-refractivity contribution in [2.24, 2.45) is 7.05 Å². The van der Waals surface area contributed by atoms with Gasteiger partial charge in [0.1, 0.15) is 0 Å². The van der Waals surface area contributed by atoms with Gasteiger partial charge in [0.05, 0.1) is 0 Å². The highest BCUT2D eigenvalue weighted by atomic mass is 79.9. The highest BCUT2D eigenvalue weighted by molar-refractivity contribution is 9.11. The molecule has 0 fully saturated rings. The summed E-state index contributed by atoms with van der Waals surface area (Å²) in [6.07, 6.45) is 4.21. The van der Waals surface area contributed by atoms with E-state index in [1.165, 1.54) is 10.8 Å². The molecule has 0 saturated carbocycles. The molecular formula is C9H7Br2N. The van der Waals surface area contributed by atoms with Crippen LogP contribution in [0.3, 0.4) is 0 Å². The van der Waals surface area contributed by atoms with E-state index in [0.717, 1.165) is 8.95 Å². The molecule has 0 saturated heterocycles. The number of hydrogen-bond donors (Lipinski definition) is 0. The monoisotopic (exact) mass is 287 g/mol. The fraction of sp³-hybridized carbons (Fsp3) is 0.111. The van der Waals surface area contributed by atoms with Crippen LogP contribution in [0.1, 0.15) is 0 Å². The Morgan fingerprint density at radius 3 is 2.67 bits per heavy atom. The topological polar surface area (TPSA) is 4.93 Å². The largest absolute Gasteiger partial charge is 0.356 e. The molecule has 12 heavy (non-hydrogen) atoms. The number of aryl methyl sites for hydroxylation is 1. The van der Waals surface area contributed by atoms with Crippen LogP contribution in [0.25, 0.3) is 10.8 Å². The number of rotatable bonds is 0. The Morgan fingerprint density at radius 1 is 1.17 bits per heavy atom. The van der Waals surface area contributed by atoms with Crippen LogP contribution < -0.4 is 0 Å². The van der Waals surface area contributed by atoms with Gasteiger partial charge in [-0.15, -0.1) is 0 Å². The molecule has 1 nitrogen and oxygen atoms in total. The molecule has 0 aliphatic heterocycles. The maximum atomic E-state index is 3.52. The van der Waals surface area contributed by atoms with Crippen molar-refractivity contribution >= 4 is 42.6 Å². The van der Waals surface area contributed by atoms with Crippen molar-refractivity contribution < 1.29 is 0 Å². The normalized spacial score (nSPS) is 10.9. The van der Waals surface area contributed by atoms with E-state index in [2.05, 4.69) is 61.0 Å². The van der Waals surface area contributed by atoms with Gasteiger partial charge in [-0.05, 0) is 12.1 Å². The Labute approximate surface area is 87.6 Å². The second-order valence-corrected chi connectivity index (χ2v) is 4.58. The lowest BCUT2D eigenvalue weighted by Crippen LogP contribution is -1.76. The average molecular weight is 289 g/mol. The molecule has 2 rings (SSSR count). The third-order valence-electron chi connectivity index (χ3n) is 1.80. The molecule has 2 aromatic rings. The van der Waals surface area contributed by atoms with E-state index < -0.39 is 0 Å². The van der Waals surface area contributed by atoms with Crippen molar-refractivity contribution in [2.75, 3.05) is 0 Å². The van der Waals surface area contributed by atoms with Crippen LogP contribution in [0.4, 0.5) is 0 Å². The minimum atomic E-state index is 1.10. The number of hydrogen-bond acceptors (Lipinski definition) is 0. The second kappa shape index (κ2) is 2.89. The predicted octanol–water partition coefficient (Wildman–Crippen LogP) is 3.70. The van der Waals surface area contributed by atoms with Crippen LogP contribution in [0.5, 0.6) is 0 Å². The van der Waals surface area contributed by atoms with Gasteiger partial charge in [-0.3, -0.25) is 0 Å². The highest BCUT2D eigenvalue weighted by Crippen LogP contribution is 2.28. The summed E-state index contributed by atoms with van der Waals surface area (Å²) in [4.78, 5) is 0. The second-order valence-electron chi connectivity index (χ2n) is 2.81. The van der Waals surface area contributed by atoms with Crippen LogP contribution in [0, 0.1) is 0 Å². The molecule has 3 heteroatoms. The molecule has 0 aliphatic rings. The zero-order valence-corrected chi connectivity index (χ0v) is 9.68. The first-order valence-corrected chi connectivity index (χ1v) is 5.16. The highest BCUT2D eigenvalue weighted by Gasteiger charge is 2.01. The predicted molar refractivity (Wildman–Crippen MR) is 58.3 cm³/mol. The van der Waals surface area contributed by atoms with Crippen molar-refractivity contribution in [2.45, 2.75) is 0 Å². The lowest BCUT2D eigenvalue weighted by Gasteiger charge is -1.94. The van der Waals surface area contributed by atoms with Gasteiger partial charge in [-0.2, -0.15) is 0 Å². The third kappa shape index (κ3) is 1.31. The zero-order valence-electron chi connectivity index (χ0n) is 6.51. The van der Waals surface area contributed by atoms with Gasteiger partial charge < -0.3 is 4.57 Å². The summed E-state index contributed by atoms with van der Waals surface area (Å²) in [5.41, 5.74) is 0. The maximum Gasteiger partial charge on any atom is 0.0280 e. The lowest BCUT2D eigenvalue weighted by atomic mass is 10.2. The zero-order chi connectivity index (χ0) is 8.72. The summed E-state index contributed by atoms with van der Waals surface area (Å²) >= 11 is 6.97. The minimum Gasteiger partial charge on any atom is -0.356 e. The molecule has 1 heterocycles. The molecule has 0 aliphatic carbocycles. The SMILES string of the molecule is Cn1cc2cc(Br)cc(Br)c2c1. The first-order valence-electron chi connectivity index (χ1n) is 3.57. The number of benzene rings is 1. The first kappa shape index (κ1) is 8.32. The number of aromatic nitrogens is 1. The van der Waals surface area contributed by atoms with Gasteiger partial charge >= 0.3 is 0 Å². The summed E-state index contributed by atoms with van der Waals surface area (Å²) in [6.45, 7) is 0. The van der Waals surface area contributed by atoms with Gasteiger partial charge in [-0.25, -0.2) is 0 Å². The summed E-state index contributed by atoms with van der Waals surface area (Å²) in [5, 5.41) is 2.50. The van der Waals surface area contributed by atoms with E-state index in [4.69, 9.17) is 0 Å². The first-order chi connectivity index (χ1) is 5.66. The van der Waals surface area contributed by atoms with E-state index in [-0.39, 0.29) is 0 Å². The molecule has 1 aromatic carbocycles. The molecule has 0 atom stereocenters. The molecule has 1 aromatic heterocycles. The van der Waals surface area contributed by atoms with Crippen molar-refractivity contribution in [3.05, 3.63) is 33.5 Å². The fourth-order valence-corrected chi connectivity index (χ4v) is 2.67. The Morgan fingerprint density at radius 2 is 1.92 bits per heavy atom. The van der Waals surface area contributed by atoms with Gasteiger partial charge in [0.15, 0.2) is 0 Å². The van der Waals surface area contributed by atoms with E-state index in [1.54, 1.807) is 0 Å². The fourth-order valence-electron chi connectivity index (χ4n) is 1.31. The molecule has 0 unspecified atom stereocenters. The number of fused-ring (bicyclic) bond motifs is 1. The van der Waals surface area contributed by atoms with Crippen molar-refractivity contribution in [1.82, 2.24) is 4.57 Å². The van der Waals surface area contributed by atoms with Crippen molar-refractivity contribution in [3.8, 4) is 0 Å². The molecular weight excluding hydrogens is 282 g/mol. The quantitative estimate of drug-likeness (QED) is 0.697. The summed E-state index contributed by atoms with van der Waals surface area (Å²) in [7, 11) is 2.03. The van der Waals surface area contributed by atoms with Gasteiger partial charge in [0.25, 0.3) is 0 Å². The van der Waals surface area contributed by atoms with Gasteiger partial charge in [0, 0.05) is 39.2 Å². The van der Waals surface area contributed by atoms with Crippen molar-refractivity contribution in [3.63, 3.8) is 0 Å². The third-order valence-corrected chi connectivity index (χ3v) is 2.92. The van der Waals surface area contributed by atoms with Gasteiger partial charge in [0.2, 0.25) is 0 Å². The van der Waals surface area contributed by atoms with E-state index in [9.17, 15) is 0 Å². The Balaban J connectivity index is 2.88. The van der Waals surface area contributed by atoms with Gasteiger partial charge in [-0.1, -0.05) is 31.9 Å². The van der Waals surface area contributed by atoms with E-state index in [0.29, 0.717) is 0 Å². The molecule has 0 bridgehead atoms. The van der Waals surface area contributed by atoms with Crippen LogP contribution in [-0.4, -0.2) is 4.57 Å². The van der Waals surface area contributed by atoms with E-state index >= 15 is 0 Å². The van der Waals surface area contributed by atoms with E-state index in [1.807, 2.05) is 7.05 Å². The van der Waals surface area contributed by atoms with Crippen LogP contribution in [-0.2, 0) is 7.05 Å². The molecule has 0 radical (unpaired) electrons. The smallest absolute Gasteiger partial charge is 0.0280 e. The standard InChI is InChI=1S/C9H7Br2N/c1-12-4-6-2-7(10)3-9(11)8(6)5-12/h2-5H,1H3. The van der Waals surface area contributed by atoms with Crippen LogP contribution >= 0.6 is 31.9 Å². The number of halogens is 2.